The first-order valence-electron chi connectivity index (χ1n) is 10.6. The molecule has 2 fully saturated rings. The molecule has 1 amide bonds. The van der Waals surface area contributed by atoms with Gasteiger partial charge in [0.2, 0.25) is 15.9 Å². The van der Waals surface area contributed by atoms with Gasteiger partial charge in [-0.15, -0.1) is 0 Å². The van der Waals surface area contributed by atoms with E-state index in [-0.39, 0.29) is 5.91 Å². The lowest BCUT2D eigenvalue weighted by molar-refractivity contribution is -0.126. The van der Waals surface area contributed by atoms with E-state index in [1.165, 1.54) is 12.8 Å². The van der Waals surface area contributed by atoms with Gasteiger partial charge in [0.05, 0.1) is 4.90 Å². The lowest BCUT2D eigenvalue weighted by atomic mass is 10.2. The van der Waals surface area contributed by atoms with E-state index in [1.807, 2.05) is 4.90 Å². The van der Waals surface area contributed by atoms with Gasteiger partial charge in [0.1, 0.15) is 0 Å². The van der Waals surface area contributed by atoms with Crippen LogP contribution in [-0.4, -0.2) is 49.7 Å². The molecule has 1 heterocycles. The zero-order valence-electron chi connectivity index (χ0n) is 16.8. The summed E-state index contributed by atoms with van der Waals surface area (Å²) in [6.45, 7) is 4.93. The summed E-state index contributed by atoms with van der Waals surface area (Å²) < 4.78 is 27.3. The van der Waals surface area contributed by atoms with Gasteiger partial charge in [0, 0.05) is 32.3 Å². The van der Waals surface area contributed by atoms with E-state index in [4.69, 9.17) is 0 Å². The van der Waals surface area contributed by atoms with E-state index in [0.29, 0.717) is 23.9 Å². The molecule has 0 aromatic heterocycles. The van der Waals surface area contributed by atoms with E-state index in [0.717, 1.165) is 50.8 Å². The highest BCUT2D eigenvalue weighted by Crippen LogP contribution is 2.30. The maximum atomic E-state index is 12.8. The van der Waals surface area contributed by atoms with Crippen LogP contribution in [0.1, 0.15) is 57.4 Å². The maximum Gasteiger partial charge on any atom is 0.246 e. The van der Waals surface area contributed by atoms with E-state index in [9.17, 15) is 13.2 Å². The van der Waals surface area contributed by atoms with Gasteiger partial charge in [0.15, 0.2) is 0 Å². The normalized spacial score (nSPS) is 18.9. The maximum absolute atomic E-state index is 12.8. The molecule has 5 nitrogen and oxygen atoms in total. The Balaban J connectivity index is 1.64. The summed E-state index contributed by atoms with van der Waals surface area (Å²) in [5.74, 6) is 0.711. The number of carbonyl (C=O) groups is 1. The molecule has 1 aromatic carbocycles. The van der Waals surface area contributed by atoms with Crippen molar-refractivity contribution in [3.05, 3.63) is 35.9 Å². The average Bonchev–Trinajstić information content (AvgIpc) is 3.53. The minimum atomic E-state index is -3.43. The van der Waals surface area contributed by atoms with Crippen molar-refractivity contribution >= 4 is 22.0 Å². The Morgan fingerprint density at radius 1 is 1.11 bits per heavy atom. The van der Waals surface area contributed by atoms with Gasteiger partial charge in [-0.05, 0) is 61.8 Å². The number of hydrogen-bond acceptors (Lipinski definition) is 3. The Morgan fingerprint density at radius 2 is 1.75 bits per heavy atom. The zero-order valence-corrected chi connectivity index (χ0v) is 17.7. The molecule has 0 radical (unpaired) electrons. The van der Waals surface area contributed by atoms with Crippen LogP contribution in [0.25, 0.3) is 6.08 Å². The molecule has 3 rings (SSSR count). The Labute approximate surface area is 169 Å². The molecule has 154 valence electrons. The predicted molar refractivity (Wildman–Crippen MR) is 112 cm³/mol. The monoisotopic (exact) mass is 404 g/mol. The molecule has 1 aliphatic heterocycles. The summed E-state index contributed by atoms with van der Waals surface area (Å²) in [6, 6.07) is 6.86. The number of carbonyl (C=O) groups excluding carboxylic acids is 1. The molecule has 0 atom stereocenters. The summed E-state index contributed by atoms with van der Waals surface area (Å²) in [7, 11) is -3.43. The molecule has 1 saturated carbocycles. The number of rotatable bonds is 8. The summed E-state index contributed by atoms with van der Waals surface area (Å²) >= 11 is 0. The fraction of sp³-hybridized carbons (Fsp3) is 0.591. The molecule has 0 spiro atoms. The summed E-state index contributed by atoms with van der Waals surface area (Å²) in [5, 5.41) is 0. The van der Waals surface area contributed by atoms with Crippen LogP contribution >= 0.6 is 0 Å². The smallest absolute Gasteiger partial charge is 0.246 e. The van der Waals surface area contributed by atoms with Gasteiger partial charge in [-0.2, -0.15) is 4.31 Å². The average molecular weight is 405 g/mol. The van der Waals surface area contributed by atoms with Gasteiger partial charge in [-0.25, -0.2) is 8.42 Å². The SMILES string of the molecule is CCCN(CC1CC1)C(=O)/C=C/c1ccc(S(=O)(=O)N2CCCCCC2)cc1. The molecule has 0 N–H and O–H groups in total. The van der Waals surface area contributed by atoms with E-state index >= 15 is 0 Å². The molecule has 6 heteroatoms. The largest absolute Gasteiger partial charge is 0.339 e. The molecule has 1 saturated heterocycles. The summed E-state index contributed by atoms with van der Waals surface area (Å²) in [6.07, 6.45) is 10.8. The van der Waals surface area contributed by atoms with Crippen molar-refractivity contribution in [1.82, 2.24) is 9.21 Å². The van der Waals surface area contributed by atoms with Gasteiger partial charge >= 0.3 is 0 Å². The first-order valence-corrected chi connectivity index (χ1v) is 12.0. The van der Waals surface area contributed by atoms with Gasteiger partial charge in [-0.1, -0.05) is 31.9 Å². The third-order valence-corrected chi connectivity index (χ3v) is 7.39. The van der Waals surface area contributed by atoms with Crippen molar-refractivity contribution < 1.29 is 13.2 Å². The Kier molecular flexibility index (Phi) is 7.30. The number of hydrogen-bond donors (Lipinski definition) is 0. The lowest BCUT2D eigenvalue weighted by Gasteiger charge is -2.20. The minimum absolute atomic E-state index is 0.0371. The highest BCUT2D eigenvalue weighted by atomic mass is 32.2. The van der Waals surface area contributed by atoms with Crippen LogP contribution in [0, 0.1) is 5.92 Å². The minimum Gasteiger partial charge on any atom is -0.339 e. The molecule has 0 bridgehead atoms. The van der Waals surface area contributed by atoms with Crippen LogP contribution in [0.15, 0.2) is 35.2 Å². The van der Waals surface area contributed by atoms with Crippen LogP contribution < -0.4 is 0 Å². The molecule has 1 aromatic rings. The molecule has 2 aliphatic rings. The molecular weight excluding hydrogens is 372 g/mol. The van der Waals surface area contributed by atoms with Crippen molar-refractivity contribution in [2.45, 2.75) is 56.8 Å². The third kappa shape index (κ3) is 5.67. The number of nitrogens with zero attached hydrogens (tertiary/aromatic N) is 2. The van der Waals surface area contributed by atoms with E-state index in [2.05, 4.69) is 6.92 Å². The summed E-state index contributed by atoms with van der Waals surface area (Å²) in [4.78, 5) is 14.7. The van der Waals surface area contributed by atoms with Crippen molar-refractivity contribution in [3.63, 3.8) is 0 Å². The fourth-order valence-corrected chi connectivity index (χ4v) is 5.15. The molecule has 1 aliphatic carbocycles. The lowest BCUT2D eigenvalue weighted by Crippen LogP contribution is -2.32. The molecular formula is C22H32N2O3S. The van der Waals surface area contributed by atoms with Crippen LogP contribution in [0.5, 0.6) is 0 Å². The second-order valence-electron chi connectivity index (χ2n) is 7.95. The Hall–Kier alpha value is -1.66. The van der Waals surface area contributed by atoms with Crippen LogP contribution in [-0.2, 0) is 14.8 Å². The standard InChI is InChI=1S/C22H32N2O3S/c1-2-15-23(18-20-7-8-20)22(25)14-11-19-9-12-21(13-10-19)28(26,27)24-16-5-3-4-6-17-24/h9-14,20H,2-8,15-18H2,1H3/b14-11+. The molecule has 28 heavy (non-hydrogen) atoms. The number of sulfonamides is 1. The summed E-state index contributed by atoms with van der Waals surface area (Å²) in [5.41, 5.74) is 0.839. The van der Waals surface area contributed by atoms with Crippen LogP contribution in [0.2, 0.25) is 0 Å². The van der Waals surface area contributed by atoms with E-state index < -0.39 is 10.0 Å². The van der Waals surface area contributed by atoms with Gasteiger partial charge in [-0.3, -0.25) is 4.79 Å². The Bertz CT molecular complexity index is 775. The quantitative estimate of drug-likeness (QED) is 0.617. The first kappa shape index (κ1) is 21.1. The van der Waals surface area contributed by atoms with Crippen molar-refractivity contribution in [2.24, 2.45) is 5.92 Å². The van der Waals surface area contributed by atoms with E-state index in [1.54, 1.807) is 40.7 Å². The second kappa shape index (κ2) is 9.70. The zero-order chi connectivity index (χ0) is 20.0. The first-order chi connectivity index (χ1) is 13.5. The number of benzene rings is 1. The van der Waals surface area contributed by atoms with Crippen molar-refractivity contribution in [2.75, 3.05) is 26.2 Å². The predicted octanol–water partition coefficient (Wildman–Crippen LogP) is 3.91. The highest BCUT2D eigenvalue weighted by molar-refractivity contribution is 7.89. The topological polar surface area (TPSA) is 57.7 Å². The van der Waals surface area contributed by atoms with Crippen molar-refractivity contribution in [1.29, 1.82) is 0 Å². The Morgan fingerprint density at radius 3 is 2.32 bits per heavy atom. The third-order valence-electron chi connectivity index (χ3n) is 5.48. The van der Waals surface area contributed by atoms with Gasteiger partial charge < -0.3 is 4.90 Å². The van der Waals surface area contributed by atoms with Crippen molar-refractivity contribution in [3.8, 4) is 0 Å². The number of amides is 1. The fourth-order valence-electron chi connectivity index (χ4n) is 3.63. The second-order valence-corrected chi connectivity index (χ2v) is 9.89. The van der Waals surface area contributed by atoms with Crippen LogP contribution in [0.3, 0.4) is 0 Å². The molecule has 0 unspecified atom stereocenters. The van der Waals surface area contributed by atoms with Crippen LogP contribution in [0.4, 0.5) is 0 Å². The van der Waals surface area contributed by atoms with Gasteiger partial charge in [0.25, 0.3) is 0 Å². The highest BCUT2D eigenvalue weighted by Gasteiger charge is 2.26.